The van der Waals surface area contributed by atoms with Crippen LogP contribution in [0.2, 0.25) is 0 Å². The largest absolute Gasteiger partial charge is 0.454 e. The van der Waals surface area contributed by atoms with Gasteiger partial charge in [-0.15, -0.1) is 0 Å². The molecule has 0 aromatic heterocycles. The van der Waals surface area contributed by atoms with E-state index in [9.17, 15) is 14.4 Å². The van der Waals surface area contributed by atoms with Crippen molar-refractivity contribution < 1.29 is 23.9 Å². The average Bonchev–Trinajstić information content (AvgIpc) is 3.39. The molecular formula is C23H21N3O5S. The molecule has 2 aromatic rings. The minimum absolute atomic E-state index is 0.164. The third-order valence-corrected chi connectivity index (χ3v) is 6.52. The summed E-state index contributed by atoms with van der Waals surface area (Å²) in [4.78, 5) is 43.2. The second-order valence-electron chi connectivity index (χ2n) is 7.58. The maximum atomic E-state index is 12.8. The molecule has 3 heterocycles. The Morgan fingerprint density at radius 2 is 1.72 bits per heavy atom. The van der Waals surface area contributed by atoms with Gasteiger partial charge in [0.15, 0.2) is 11.5 Å². The lowest BCUT2D eigenvalue weighted by molar-refractivity contribution is -0.136. The monoisotopic (exact) mass is 451 g/mol. The summed E-state index contributed by atoms with van der Waals surface area (Å²) in [5.41, 5.74) is 1.85. The van der Waals surface area contributed by atoms with Crippen LogP contribution < -0.4 is 14.4 Å². The van der Waals surface area contributed by atoms with Crippen LogP contribution in [0.1, 0.15) is 5.56 Å². The van der Waals surface area contributed by atoms with Crippen molar-refractivity contribution in [3.63, 3.8) is 0 Å². The Balaban J connectivity index is 1.21. The normalized spacial score (nSPS) is 19.2. The summed E-state index contributed by atoms with van der Waals surface area (Å²) >= 11 is 0.844. The summed E-state index contributed by atoms with van der Waals surface area (Å²) in [5, 5.41) is -0.432. The maximum Gasteiger partial charge on any atom is 0.294 e. The number of carbonyl (C=O) groups is 3. The van der Waals surface area contributed by atoms with Crippen molar-refractivity contribution >= 4 is 40.6 Å². The van der Waals surface area contributed by atoms with Gasteiger partial charge in [0.1, 0.15) is 6.54 Å². The van der Waals surface area contributed by atoms with Crippen molar-refractivity contribution in [2.45, 2.75) is 0 Å². The second-order valence-corrected chi connectivity index (χ2v) is 8.58. The molecule has 5 rings (SSSR count). The minimum Gasteiger partial charge on any atom is -0.454 e. The van der Waals surface area contributed by atoms with Gasteiger partial charge < -0.3 is 19.3 Å². The molecule has 0 aliphatic carbocycles. The summed E-state index contributed by atoms with van der Waals surface area (Å²) in [6, 6.07) is 15.4. The molecule has 3 aliphatic heterocycles. The summed E-state index contributed by atoms with van der Waals surface area (Å²) < 4.78 is 10.6. The van der Waals surface area contributed by atoms with Gasteiger partial charge in [-0.2, -0.15) is 0 Å². The van der Waals surface area contributed by atoms with E-state index in [2.05, 4.69) is 4.90 Å². The Labute approximate surface area is 189 Å². The van der Waals surface area contributed by atoms with E-state index in [0.717, 1.165) is 27.9 Å². The lowest BCUT2D eigenvalue weighted by Crippen LogP contribution is -2.51. The Hall–Kier alpha value is -3.46. The van der Waals surface area contributed by atoms with Gasteiger partial charge in [-0.1, -0.05) is 24.3 Å². The Bertz CT molecular complexity index is 1100. The number of hydrogen-bond acceptors (Lipinski definition) is 7. The fraction of sp³-hybridized carbons (Fsp3) is 0.261. The smallest absolute Gasteiger partial charge is 0.294 e. The highest BCUT2D eigenvalue weighted by Crippen LogP contribution is 2.36. The molecule has 2 aromatic carbocycles. The standard InChI is InChI=1S/C23H21N3O5S/c27-21(25-10-8-24(9-11-25)17-4-2-1-3-5-17)14-26-22(28)20(32-23(26)29)13-16-6-7-18-19(12-16)31-15-30-18/h1-7,12-13H,8-11,14-15H2/b20-13+. The molecule has 3 amide bonds. The second kappa shape index (κ2) is 8.58. The predicted molar refractivity (Wildman–Crippen MR) is 120 cm³/mol. The minimum atomic E-state index is -0.450. The van der Waals surface area contributed by atoms with Gasteiger partial charge >= 0.3 is 0 Å². The first-order chi connectivity index (χ1) is 15.6. The fourth-order valence-corrected chi connectivity index (χ4v) is 4.72. The number of ether oxygens (including phenoxy) is 2. The first-order valence-electron chi connectivity index (χ1n) is 10.3. The van der Waals surface area contributed by atoms with E-state index < -0.39 is 11.1 Å². The van der Waals surface area contributed by atoms with Gasteiger partial charge in [0.05, 0.1) is 4.91 Å². The van der Waals surface area contributed by atoms with Crippen LogP contribution in [-0.4, -0.2) is 66.4 Å². The fourth-order valence-electron chi connectivity index (χ4n) is 3.88. The summed E-state index contributed by atoms with van der Waals surface area (Å²) in [6.07, 6.45) is 1.63. The van der Waals surface area contributed by atoms with E-state index in [1.165, 1.54) is 0 Å². The molecule has 0 saturated carbocycles. The Morgan fingerprint density at radius 3 is 2.50 bits per heavy atom. The molecule has 8 nitrogen and oxygen atoms in total. The van der Waals surface area contributed by atoms with Crippen LogP contribution in [0.15, 0.2) is 53.4 Å². The molecule has 164 valence electrons. The number of fused-ring (bicyclic) bond motifs is 1. The number of benzene rings is 2. The van der Waals surface area contributed by atoms with Crippen molar-refractivity contribution in [1.29, 1.82) is 0 Å². The van der Waals surface area contributed by atoms with E-state index in [0.29, 0.717) is 37.7 Å². The number of thioether (sulfide) groups is 1. The molecule has 0 N–H and O–H groups in total. The summed E-state index contributed by atoms with van der Waals surface area (Å²) in [6.45, 7) is 2.45. The van der Waals surface area contributed by atoms with Crippen LogP contribution in [0.3, 0.4) is 0 Å². The highest BCUT2D eigenvalue weighted by Gasteiger charge is 2.37. The van der Waals surface area contributed by atoms with Crippen LogP contribution >= 0.6 is 11.8 Å². The number of imide groups is 1. The summed E-state index contributed by atoms with van der Waals surface area (Å²) in [5.74, 6) is 0.578. The Kier molecular flexibility index (Phi) is 5.48. The molecule has 0 radical (unpaired) electrons. The SMILES string of the molecule is O=C(CN1C(=O)S/C(=C/c2ccc3c(c2)OCO3)C1=O)N1CCN(c2ccccc2)CC1. The number of carbonyl (C=O) groups excluding carboxylic acids is 3. The highest BCUT2D eigenvalue weighted by molar-refractivity contribution is 8.18. The van der Waals surface area contributed by atoms with E-state index in [4.69, 9.17) is 9.47 Å². The third-order valence-electron chi connectivity index (χ3n) is 5.62. The molecule has 0 unspecified atom stereocenters. The van der Waals surface area contributed by atoms with Crippen molar-refractivity contribution in [3.05, 3.63) is 59.0 Å². The summed E-state index contributed by atoms with van der Waals surface area (Å²) in [7, 11) is 0. The topological polar surface area (TPSA) is 79.4 Å². The van der Waals surface area contributed by atoms with Crippen LogP contribution in [0.4, 0.5) is 10.5 Å². The van der Waals surface area contributed by atoms with Gasteiger partial charge in [0.2, 0.25) is 12.7 Å². The maximum absolute atomic E-state index is 12.8. The number of hydrogen-bond donors (Lipinski definition) is 0. The van der Waals surface area contributed by atoms with Crippen LogP contribution in [0.25, 0.3) is 6.08 Å². The number of amides is 3. The van der Waals surface area contributed by atoms with Gasteiger partial charge in [0.25, 0.3) is 11.1 Å². The van der Waals surface area contributed by atoms with E-state index >= 15 is 0 Å². The lowest BCUT2D eigenvalue weighted by atomic mass is 10.2. The van der Waals surface area contributed by atoms with Crippen LogP contribution in [-0.2, 0) is 9.59 Å². The van der Waals surface area contributed by atoms with Gasteiger partial charge in [-0.3, -0.25) is 19.3 Å². The number of anilines is 1. The number of para-hydroxylation sites is 1. The van der Waals surface area contributed by atoms with Crippen molar-refractivity contribution in [1.82, 2.24) is 9.80 Å². The van der Waals surface area contributed by atoms with Crippen LogP contribution in [0, 0.1) is 0 Å². The molecule has 2 saturated heterocycles. The Morgan fingerprint density at radius 1 is 0.969 bits per heavy atom. The zero-order chi connectivity index (χ0) is 22.1. The molecule has 3 aliphatic rings. The number of piperazine rings is 1. The van der Waals surface area contributed by atoms with Gasteiger partial charge in [-0.25, -0.2) is 0 Å². The van der Waals surface area contributed by atoms with Crippen molar-refractivity contribution in [2.24, 2.45) is 0 Å². The van der Waals surface area contributed by atoms with Gasteiger partial charge in [0, 0.05) is 31.9 Å². The van der Waals surface area contributed by atoms with Gasteiger partial charge in [-0.05, 0) is 47.7 Å². The molecule has 0 bridgehead atoms. The zero-order valence-corrected chi connectivity index (χ0v) is 18.0. The van der Waals surface area contributed by atoms with E-state index in [1.807, 2.05) is 30.3 Å². The lowest BCUT2D eigenvalue weighted by Gasteiger charge is -2.36. The quantitative estimate of drug-likeness (QED) is 0.662. The molecule has 32 heavy (non-hydrogen) atoms. The highest BCUT2D eigenvalue weighted by atomic mass is 32.2. The molecule has 0 atom stereocenters. The molecular weight excluding hydrogens is 430 g/mol. The third kappa shape index (κ3) is 4.03. The first kappa shape index (κ1) is 20.4. The zero-order valence-electron chi connectivity index (χ0n) is 17.2. The number of nitrogens with zero attached hydrogens (tertiary/aromatic N) is 3. The predicted octanol–water partition coefficient (Wildman–Crippen LogP) is 2.80. The van der Waals surface area contributed by atoms with Crippen LogP contribution in [0.5, 0.6) is 11.5 Å². The molecule has 9 heteroatoms. The molecule has 0 spiro atoms. The molecule has 2 fully saturated rings. The number of rotatable bonds is 4. The van der Waals surface area contributed by atoms with E-state index in [-0.39, 0.29) is 24.2 Å². The average molecular weight is 452 g/mol. The van der Waals surface area contributed by atoms with Crippen molar-refractivity contribution in [2.75, 3.05) is 44.4 Å². The van der Waals surface area contributed by atoms with E-state index in [1.54, 1.807) is 29.2 Å². The van der Waals surface area contributed by atoms with Crippen molar-refractivity contribution in [3.8, 4) is 11.5 Å². The first-order valence-corrected chi connectivity index (χ1v) is 11.1.